The second-order valence-electron chi connectivity index (χ2n) is 2.96. The molecule has 0 fully saturated rings. The summed E-state index contributed by atoms with van der Waals surface area (Å²) in [5, 5.41) is 11.8. The quantitative estimate of drug-likeness (QED) is 0.564. The van der Waals surface area contributed by atoms with Crippen LogP contribution in [-0.4, -0.2) is 44.0 Å². The first-order valence-corrected chi connectivity index (χ1v) is 7.19. The number of amides is 1. The van der Waals surface area contributed by atoms with Crippen LogP contribution in [0.4, 0.5) is 0 Å². The van der Waals surface area contributed by atoms with Crippen LogP contribution in [0.15, 0.2) is 0 Å². The molecule has 1 amide bonds. The molecule has 82 valence electrons. The second-order valence-corrected chi connectivity index (χ2v) is 5.02. The van der Waals surface area contributed by atoms with Crippen molar-refractivity contribution in [2.24, 2.45) is 5.73 Å². The SMILES string of the molecule is C[Se]CC[C@H](N)C(=O)N[C@@H](C)C(=O)O. The number of carboxylic acid groups (broad SMARTS) is 1. The minimum absolute atomic E-state index is 0.385. The fraction of sp³-hybridized carbons (Fsp3) is 0.750. The molecule has 0 aliphatic carbocycles. The predicted octanol–water partition coefficient (Wildman–Crippen LogP) is -0.536. The second kappa shape index (κ2) is 6.81. The number of nitrogens with two attached hydrogens (primary N) is 1. The maximum absolute atomic E-state index is 11.3. The van der Waals surface area contributed by atoms with E-state index in [1.807, 2.05) is 0 Å². The molecule has 14 heavy (non-hydrogen) atoms. The van der Waals surface area contributed by atoms with Gasteiger partial charge in [0.1, 0.15) is 0 Å². The Balaban J connectivity index is 3.88. The molecule has 0 unspecified atom stereocenters. The number of nitrogens with one attached hydrogen (secondary N) is 1. The number of carbonyl (C=O) groups is 2. The normalized spacial score (nSPS) is 14.5. The molecule has 0 aliphatic rings. The van der Waals surface area contributed by atoms with E-state index in [0.717, 1.165) is 5.32 Å². The van der Waals surface area contributed by atoms with Gasteiger partial charge in [-0.15, -0.1) is 0 Å². The number of rotatable bonds is 6. The van der Waals surface area contributed by atoms with Gasteiger partial charge in [-0.2, -0.15) is 0 Å². The molecule has 5 nitrogen and oxygen atoms in total. The predicted molar refractivity (Wildman–Crippen MR) is 54.3 cm³/mol. The van der Waals surface area contributed by atoms with Gasteiger partial charge in [0.05, 0.1) is 0 Å². The minimum atomic E-state index is -1.05. The average molecular weight is 267 g/mol. The van der Waals surface area contributed by atoms with Crippen LogP contribution in [0.2, 0.25) is 11.1 Å². The third-order valence-electron chi connectivity index (χ3n) is 1.70. The van der Waals surface area contributed by atoms with Gasteiger partial charge < -0.3 is 0 Å². The van der Waals surface area contributed by atoms with E-state index >= 15 is 0 Å². The summed E-state index contributed by atoms with van der Waals surface area (Å²) in [5.41, 5.74) is 5.56. The van der Waals surface area contributed by atoms with Gasteiger partial charge in [0, 0.05) is 0 Å². The van der Waals surface area contributed by atoms with E-state index in [4.69, 9.17) is 10.8 Å². The molecule has 0 aromatic rings. The van der Waals surface area contributed by atoms with Gasteiger partial charge >= 0.3 is 89.1 Å². The standard InChI is InChI=1S/C8H16N2O3Se/c1-5(8(12)13)10-7(11)6(9)3-4-14-2/h5-6H,3-4,9H2,1-2H3,(H,10,11)(H,12,13)/t5-,6-/m0/s1. The molecule has 0 spiro atoms. The molecular weight excluding hydrogens is 251 g/mol. The summed E-state index contributed by atoms with van der Waals surface area (Å²) in [6, 6.07) is -1.46. The van der Waals surface area contributed by atoms with Gasteiger partial charge in [-0.05, 0) is 0 Å². The molecule has 0 radical (unpaired) electrons. The Labute approximate surface area is 89.6 Å². The van der Waals surface area contributed by atoms with E-state index in [1.54, 1.807) is 0 Å². The van der Waals surface area contributed by atoms with Crippen LogP contribution >= 0.6 is 0 Å². The van der Waals surface area contributed by atoms with Crippen LogP contribution < -0.4 is 11.1 Å². The van der Waals surface area contributed by atoms with Crippen LogP contribution in [0.3, 0.4) is 0 Å². The molecule has 0 rings (SSSR count). The summed E-state index contributed by atoms with van der Waals surface area (Å²) in [6.07, 6.45) is 0.620. The fourth-order valence-electron chi connectivity index (χ4n) is 0.758. The van der Waals surface area contributed by atoms with Crippen molar-refractivity contribution in [3.63, 3.8) is 0 Å². The molecule has 0 heterocycles. The third kappa shape index (κ3) is 5.21. The number of carbonyl (C=O) groups excluding carboxylic acids is 1. The molecule has 0 saturated carbocycles. The third-order valence-corrected chi connectivity index (χ3v) is 3.05. The first-order valence-electron chi connectivity index (χ1n) is 4.26. The van der Waals surface area contributed by atoms with Crippen molar-refractivity contribution in [3.8, 4) is 0 Å². The molecule has 0 saturated heterocycles. The Bertz CT molecular complexity index is 211. The van der Waals surface area contributed by atoms with E-state index in [1.165, 1.54) is 6.92 Å². The summed E-state index contributed by atoms with van der Waals surface area (Å²) in [4.78, 5) is 21.7. The van der Waals surface area contributed by atoms with Gasteiger partial charge in [-0.3, -0.25) is 0 Å². The fourth-order valence-corrected chi connectivity index (χ4v) is 1.79. The molecule has 0 aromatic carbocycles. The van der Waals surface area contributed by atoms with Crippen LogP contribution in [-0.2, 0) is 9.59 Å². The first kappa shape index (κ1) is 13.4. The van der Waals surface area contributed by atoms with Gasteiger partial charge in [0.2, 0.25) is 0 Å². The van der Waals surface area contributed by atoms with Crippen molar-refractivity contribution in [2.75, 3.05) is 0 Å². The van der Waals surface area contributed by atoms with Crippen molar-refractivity contribution in [3.05, 3.63) is 0 Å². The molecule has 2 atom stereocenters. The van der Waals surface area contributed by atoms with Gasteiger partial charge in [-0.1, -0.05) is 0 Å². The van der Waals surface area contributed by atoms with E-state index in [-0.39, 0.29) is 5.91 Å². The van der Waals surface area contributed by atoms with Crippen molar-refractivity contribution >= 4 is 26.8 Å². The zero-order chi connectivity index (χ0) is 11.1. The summed E-state index contributed by atoms with van der Waals surface area (Å²) < 4.78 is 0. The Hall–Kier alpha value is -0.581. The maximum atomic E-state index is 11.3. The zero-order valence-corrected chi connectivity index (χ0v) is 10.0. The summed E-state index contributed by atoms with van der Waals surface area (Å²) in [7, 11) is 0. The molecule has 6 heteroatoms. The molecule has 4 N–H and O–H groups in total. The number of hydrogen-bond acceptors (Lipinski definition) is 3. The summed E-state index contributed by atoms with van der Waals surface area (Å²) in [6.45, 7) is 1.41. The first-order chi connectivity index (χ1) is 6.49. The van der Waals surface area contributed by atoms with E-state index in [2.05, 4.69) is 11.1 Å². The van der Waals surface area contributed by atoms with Crippen molar-refractivity contribution in [1.82, 2.24) is 5.32 Å². The number of hydrogen-bond donors (Lipinski definition) is 3. The van der Waals surface area contributed by atoms with E-state index < -0.39 is 18.1 Å². The van der Waals surface area contributed by atoms with E-state index in [0.29, 0.717) is 21.4 Å². The summed E-state index contributed by atoms with van der Waals surface area (Å²) in [5.74, 6) is 0.631. The monoisotopic (exact) mass is 268 g/mol. The summed E-state index contributed by atoms with van der Waals surface area (Å²) >= 11 is 0.496. The van der Waals surface area contributed by atoms with Crippen molar-refractivity contribution < 1.29 is 14.7 Å². The van der Waals surface area contributed by atoms with Gasteiger partial charge in [0.15, 0.2) is 0 Å². The molecule has 0 aliphatic heterocycles. The molecular formula is C8H16N2O3Se. The van der Waals surface area contributed by atoms with Crippen LogP contribution in [0.25, 0.3) is 0 Å². The molecule has 0 bridgehead atoms. The molecule has 0 aromatic heterocycles. The Kier molecular flexibility index (Phi) is 6.53. The Morgan fingerprint density at radius 2 is 2.14 bits per heavy atom. The van der Waals surface area contributed by atoms with Crippen molar-refractivity contribution in [2.45, 2.75) is 36.6 Å². The van der Waals surface area contributed by atoms with Crippen LogP contribution in [0.1, 0.15) is 13.3 Å². The van der Waals surface area contributed by atoms with Gasteiger partial charge in [0.25, 0.3) is 0 Å². The average Bonchev–Trinajstić information content (AvgIpc) is 2.13. The number of carboxylic acids is 1. The van der Waals surface area contributed by atoms with E-state index in [9.17, 15) is 9.59 Å². The zero-order valence-electron chi connectivity index (χ0n) is 8.32. The van der Waals surface area contributed by atoms with Crippen molar-refractivity contribution in [1.29, 1.82) is 0 Å². The van der Waals surface area contributed by atoms with Crippen LogP contribution in [0, 0.1) is 0 Å². The number of aliphatic carboxylic acids is 1. The Morgan fingerprint density at radius 1 is 1.57 bits per heavy atom. The van der Waals surface area contributed by atoms with Gasteiger partial charge in [-0.25, -0.2) is 0 Å². The topological polar surface area (TPSA) is 92.4 Å². The van der Waals surface area contributed by atoms with Crippen LogP contribution in [0.5, 0.6) is 0 Å². The Morgan fingerprint density at radius 3 is 2.57 bits per heavy atom.